The van der Waals surface area contributed by atoms with Crippen LogP contribution in [0.25, 0.3) is 11.3 Å². The molecule has 0 fully saturated rings. The van der Waals surface area contributed by atoms with E-state index in [2.05, 4.69) is 75.3 Å². The minimum atomic E-state index is -0.140. The van der Waals surface area contributed by atoms with E-state index in [4.69, 9.17) is 0 Å². The Hall–Kier alpha value is -2.47. The highest BCUT2D eigenvalue weighted by atomic mass is 79.9. The maximum absolute atomic E-state index is 4.65. The number of benzene rings is 1. The number of pyridine rings is 1. The lowest BCUT2D eigenvalue weighted by atomic mass is 10.1. The van der Waals surface area contributed by atoms with Crippen molar-refractivity contribution in [2.45, 2.75) is 33.2 Å². The van der Waals surface area contributed by atoms with Crippen molar-refractivity contribution in [3.8, 4) is 11.3 Å². The first-order valence-corrected chi connectivity index (χ1v) is 9.20. The summed E-state index contributed by atoms with van der Waals surface area (Å²) in [5, 5.41) is 6.72. The lowest BCUT2D eigenvalue weighted by Gasteiger charge is -2.21. The van der Waals surface area contributed by atoms with Gasteiger partial charge in [-0.15, -0.1) is 0 Å². The van der Waals surface area contributed by atoms with Gasteiger partial charge in [-0.05, 0) is 63.6 Å². The molecule has 26 heavy (non-hydrogen) atoms. The Bertz CT molecular complexity index is 904. The van der Waals surface area contributed by atoms with Crippen LogP contribution >= 0.6 is 15.9 Å². The van der Waals surface area contributed by atoms with E-state index in [1.165, 1.54) is 0 Å². The van der Waals surface area contributed by atoms with Crippen LogP contribution in [0, 0.1) is 6.92 Å². The second kappa shape index (κ2) is 7.41. The number of hydrogen-bond donors (Lipinski definition) is 2. The smallest absolute Gasteiger partial charge is 0.225 e. The van der Waals surface area contributed by atoms with Gasteiger partial charge in [-0.2, -0.15) is 4.98 Å². The lowest BCUT2D eigenvalue weighted by Crippen LogP contribution is -2.27. The molecule has 0 saturated carbocycles. The van der Waals surface area contributed by atoms with Crippen molar-refractivity contribution in [1.29, 1.82) is 0 Å². The average molecular weight is 412 g/mol. The molecule has 0 saturated heterocycles. The molecular formula is C20H22BrN5. The second-order valence-electron chi connectivity index (χ2n) is 7.17. The number of anilines is 3. The summed E-state index contributed by atoms with van der Waals surface area (Å²) in [7, 11) is 0. The van der Waals surface area contributed by atoms with E-state index in [-0.39, 0.29) is 5.54 Å². The second-order valence-corrected chi connectivity index (χ2v) is 8.02. The van der Waals surface area contributed by atoms with Crippen LogP contribution in [0.1, 0.15) is 26.3 Å². The molecule has 1 aromatic carbocycles. The molecule has 0 amide bonds. The molecular weight excluding hydrogens is 390 g/mol. The third kappa shape index (κ3) is 4.79. The summed E-state index contributed by atoms with van der Waals surface area (Å²) >= 11 is 3.53. The van der Waals surface area contributed by atoms with Crippen LogP contribution < -0.4 is 10.6 Å². The number of nitrogens with zero attached hydrogens (tertiary/aromatic N) is 3. The van der Waals surface area contributed by atoms with E-state index in [9.17, 15) is 0 Å². The zero-order chi connectivity index (χ0) is 18.7. The highest BCUT2D eigenvalue weighted by Gasteiger charge is 2.14. The summed E-state index contributed by atoms with van der Waals surface area (Å²) in [6, 6.07) is 11.9. The van der Waals surface area contributed by atoms with Crippen LogP contribution in [0.5, 0.6) is 0 Å². The largest absolute Gasteiger partial charge is 0.350 e. The zero-order valence-corrected chi connectivity index (χ0v) is 16.9. The van der Waals surface area contributed by atoms with Crippen LogP contribution in [-0.4, -0.2) is 20.5 Å². The maximum Gasteiger partial charge on any atom is 0.225 e. The number of halogens is 1. The fourth-order valence-corrected chi connectivity index (χ4v) is 2.68. The van der Waals surface area contributed by atoms with Crippen LogP contribution in [0.3, 0.4) is 0 Å². The van der Waals surface area contributed by atoms with Crippen molar-refractivity contribution >= 4 is 33.4 Å². The van der Waals surface area contributed by atoms with Crippen LogP contribution in [0.2, 0.25) is 0 Å². The standard InChI is InChI=1S/C20H22BrN5/c1-13-10-15(7-8-16(13)21)23-18-11-17(14-6-5-9-22-12-14)24-19(25-18)26-20(2,3)4/h5-12H,1-4H3,(H2,23,24,25,26). The summed E-state index contributed by atoms with van der Waals surface area (Å²) in [5.41, 5.74) is 3.75. The molecule has 0 radical (unpaired) electrons. The molecule has 0 bridgehead atoms. The van der Waals surface area contributed by atoms with Gasteiger partial charge in [-0.1, -0.05) is 15.9 Å². The van der Waals surface area contributed by atoms with Crippen LogP contribution in [-0.2, 0) is 0 Å². The highest BCUT2D eigenvalue weighted by molar-refractivity contribution is 9.10. The normalized spacial score (nSPS) is 11.3. The van der Waals surface area contributed by atoms with Gasteiger partial charge >= 0.3 is 0 Å². The average Bonchev–Trinajstić information content (AvgIpc) is 2.57. The van der Waals surface area contributed by atoms with E-state index in [0.29, 0.717) is 5.95 Å². The summed E-state index contributed by atoms with van der Waals surface area (Å²) in [6.45, 7) is 8.30. The Kier molecular flexibility index (Phi) is 5.23. The topological polar surface area (TPSA) is 62.7 Å². The van der Waals surface area contributed by atoms with Crippen molar-refractivity contribution in [3.05, 3.63) is 58.8 Å². The summed E-state index contributed by atoms with van der Waals surface area (Å²) in [5.74, 6) is 1.31. The van der Waals surface area contributed by atoms with Crippen molar-refractivity contribution < 1.29 is 0 Å². The zero-order valence-electron chi connectivity index (χ0n) is 15.3. The summed E-state index contributed by atoms with van der Waals surface area (Å²) < 4.78 is 1.08. The van der Waals surface area contributed by atoms with E-state index in [1.807, 2.05) is 30.3 Å². The molecule has 2 N–H and O–H groups in total. The van der Waals surface area contributed by atoms with Gasteiger partial charge in [-0.25, -0.2) is 4.98 Å². The molecule has 0 atom stereocenters. The first-order chi connectivity index (χ1) is 12.3. The molecule has 3 aromatic rings. The Labute approximate surface area is 162 Å². The SMILES string of the molecule is Cc1cc(Nc2cc(-c3cccnc3)nc(NC(C)(C)C)n2)ccc1Br. The van der Waals surface area contributed by atoms with Gasteiger partial charge in [0.15, 0.2) is 0 Å². The monoisotopic (exact) mass is 411 g/mol. The predicted molar refractivity (Wildman–Crippen MR) is 111 cm³/mol. The van der Waals surface area contributed by atoms with Crippen molar-refractivity contribution in [1.82, 2.24) is 15.0 Å². The van der Waals surface area contributed by atoms with Crippen LogP contribution in [0.15, 0.2) is 53.3 Å². The fourth-order valence-electron chi connectivity index (χ4n) is 2.44. The summed E-state index contributed by atoms with van der Waals surface area (Å²) in [6.07, 6.45) is 3.56. The number of nitrogens with one attached hydrogen (secondary N) is 2. The minimum absolute atomic E-state index is 0.140. The van der Waals surface area contributed by atoms with Gasteiger partial charge in [0, 0.05) is 39.7 Å². The third-order valence-corrected chi connectivity index (χ3v) is 4.49. The molecule has 134 valence electrons. The van der Waals surface area contributed by atoms with Gasteiger partial charge in [-0.3, -0.25) is 4.98 Å². The van der Waals surface area contributed by atoms with Gasteiger partial charge in [0.1, 0.15) is 5.82 Å². The molecule has 2 aromatic heterocycles. The number of aromatic nitrogens is 3. The lowest BCUT2D eigenvalue weighted by molar-refractivity contribution is 0.626. The molecule has 0 aliphatic heterocycles. The van der Waals surface area contributed by atoms with Gasteiger partial charge in [0.25, 0.3) is 0 Å². The molecule has 2 heterocycles. The molecule has 0 aliphatic carbocycles. The van der Waals surface area contributed by atoms with Gasteiger partial charge in [0.2, 0.25) is 5.95 Å². The Morgan fingerprint density at radius 2 is 1.85 bits per heavy atom. The Morgan fingerprint density at radius 1 is 1.04 bits per heavy atom. The van der Waals surface area contributed by atoms with E-state index in [0.717, 1.165) is 32.8 Å². The molecule has 0 spiro atoms. The number of hydrogen-bond acceptors (Lipinski definition) is 5. The van der Waals surface area contributed by atoms with E-state index in [1.54, 1.807) is 12.4 Å². The van der Waals surface area contributed by atoms with Crippen molar-refractivity contribution in [2.75, 3.05) is 10.6 Å². The number of aryl methyl sites for hydroxylation is 1. The minimum Gasteiger partial charge on any atom is -0.350 e. The first kappa shape index (κ1) is 18.3. The van der Waals surface area contributed by atoms with Crippen molar-refractivity contribution in [2.24, 2.45) is 0 Å². The summed E-state index contributed by atoms with van der Waals surface area (Å²) in [4.78, 5) is 13.5. The van der Waals surface area contributed by atoms with Crippen LogP contribution in [0.4, 0.5) is 17.5 Å². The molecule has 3 rings (SSSR count). The molecule has 0 aliphatic rings. The number of rotatable bonds is 4. The predicted octanol–water partition coefficient (Wildman–Crippen LogP) is 5.56. The van der Waals surface area contributed by atoms with E-state index < -0.39 is 0 Å². The van der Waals surface area contributed by atoms with Crippen molar-refractivity contribution in [3.63, 3.8) is 0 Å². The molecule has 5 nitrogen and oxygen atoms in total. The fraction of sp³-hybridized carbons (Fsp3) is 0.250. The first-order valence-electron chi connectivity index (χ1n) is 8.41. The van der Waals surface area contributed by atoms with E-state index >= 15 is 0 Å². The van der Waals surface area contributed by atoms with Gasteiger partial charge in [0.05, 0.1) is 5.69 Å². The Balaban J connectivity index is 2.00. The highest BCUT2D eigenvalue weighted by Crippen LogP contribution is 2.26. The maximum atomic E-state index is 4.65. The van der Waals surface area contributed by atoms with Gasteiger partial charge < -0.3 is 10.6 Å². The Morgan fingerprint density at radius 3 is 2.50 bits per heavy atom. The molecule has 0 unspecified atom stereocenters. The quantitative estimate of drug-likeness (QED) is 0.587. The third-order valence-electron chi connectivity index (χ3n) is 3.60. The molecule has 6 heteroatoms.